The molecule has 0 aliphatic heterocycles. The SMILES string of the molecule is CCCCC/C=C\C/C=C\C/C=C\CCCCCCCCCCCCCCCCC(=O)OC(/C=C/CCCCCCCCCCCC)C(COP(=O)([O-])OCC[N+](C)(C)C)NC(=O)CCCCCCCCCCCCCCCCCCCCCCCCCCCCC. The zero-order valence-electron chi connectivity index (χ0n) is 62.3. The fraction of sp³-hybridized carbons (Fsp3) is 0.878. The Hall–Kier alpha value is -2.03. The summed E-state index contributed by atoms with van der Waals surface area (Å²) in [6.45, 7) is 6.89. The van der Waals surface area contributed by atoms with Crippen LogP contribution in [0.4, 0.5) is 0 Å². The van der Waals surface area contributed by atoms with E-state index in [1.54, 1.807) is 0 Å². The molecule has 0 radical (unpaired) electrons. The van der Waals surface area contributed by atoms with E-state index in [1.165, 1.54) is 308 Å². The Kier molecular flexibility index (Phi) is 70.2. The number of carbonyl (C=O) groups is 2. The lowest BCUT2D eigenvalue weighted by Gasteiger charge is -2.30. The molecule has 9 nitrogen and oxygen atoms in total. The van der Waals surface area contributed by atoms with Crippen LogP contribution in [0.15, 0.2) is 48.6 Å². The van der Waals surface area contributed by atoms with Gasteiger partial charge in [0.2, 0.25) is 5.91 Å². The average molecular weight is 1310 g/mol. The maximum atomic E-state index is 13.7. The predicted molar refractivity (Wildman–Crippen MR) is 399 cm³/mol. The summed E-state index contributed by atoms with van der Waals surface area (Å²) >= 11 is 0. The van der Waals surface area contributed by atoms with E-state index in [-0.39, 0.29) is 31.5 Å². The normalized spacial score (nSPS) is 13.6. The topological polar surface area (TPSA) is 114 Å². The number of nitrogens with one attached hydrogen (secondary N) is 1. The number of esters is 1. The number of carbonyl (C=O) groups excluding carboxylic acids is 2. The lowest BCUT2D eigenvalue weighted by molar-refractivity contribution is -0.870. The number of likely N-dealkylation sites (N-methyl/N-ethyl adjacent to an activating group) is 1. The first kappa shape index (κ1) is 90.0. The number of phosphoric ester groups is 1. The number of unbranched alkanes of at least 4 members (excludes halogenated alkanes) is 53. The van der Waals surface area contributed by atoms with Crippen molar-refractivity contribution in [3.63, 3.8) is 0 Å². The van der Waals surface area contributed by atoms with Crippen molar-refractivity contribution in [2.75, 3.05) is 40.9 Å². The van der Waals surface area contributed by atoms with Crippen molar-refractivity contribution in [2.45, 2.75) is 425 Å². The number of rotatable bonds is 75. The Labute approximate surface area is 573 Å². The van der Waals surface area contributed by atoms with E-state index in [4.69, 9.17) is 13.8 Å². The van der Waals surface area contributed by atoms with E-state index in [0.717, 1.165) is 70.6 Å². The maximum absolute atomic E-state index is 13.7. The van der Waals surface area contributed by atoms with Crippen molar-refractivity contribution in [2.24, 2.45) is 0 Å². The van der Waals surface area contributed by atoms with Crippen molar-refractivity contribution < 1.29 is 37.3 Å². The highest BCUT2D eigenvalue weighted by molar-refractivity contribution is 7.45. The van der Waals surface area contributed by atoms with Gasteiger partial charge in [0.15, 0.2) is 0 Å². The highest BCUT2D eigenvalue weighted by Crippen LogP contribution is 2.38. The van der Waals surface area contributed by atoms with E-state index in [0.29, 0.717) is 17.4 Å². The predicted octanol–water partition coefficient (Wildman–Crippen LogP) is 25.7. The molecule has 92 heavy (non-hydrogen) atoms. The Morgan fingerprint density at radius 3 is 1.01 bits per heavy atom. The molecule has 0 saturated heterocycles. The van der Waals surface area contributed by atoms with Gasteiger partial charge in [-0.3, -0.25) is 14.2 Å². The molecule has 3 unspecified atom stereocenters. The molecule has 0 rings (SSSR count). The molecule has 0 saturated carbocycles. The van der Waals surface area contributed by atoms with Crippen LogP contribution in [0.5, 0.6) is 0 Å². The number of hydrogen-bond donors (Lipinski definition) is 1. The number of allylic oxidation sites excluding steroid dienone is 7. The lowest BCUT2D eigenvalue weighted by atomic mass is 10.0. The molecule has 0 aromatic heterocycles. The lowest BCUT2D eigenvalue weighted by Crippen LogP contribution is -2.47. The van der Waals surface area contributed by atoms with Gasteiger partial charge in [0.1, 0.15) is 19.3 Å². The van der Waals surface area contributed by atoms with Crippen molar-refractivity contribution in [1.29, 1.82) is 0 Å². The summed E-state index contributed by atoms with van der Waals surface area (Å²) in [5.41, 5.74) is 0. The quantitative estimate of drug-likeness (QED) is 0.0212. The van der Waals surface area contributed by atoms with E-state index in [9.17, 15) is 19.0 Å². The Balaban J connectivity index is 4.87. The summed E-state index contributed by atoms with van der Waals surface area (Å²) in [4.78, 5) is 40.3. The Morgan fingerprint density at radius 1 is 0.380 bits per heavy atom. The van der Waals surface area contributed by atoms with Crippen LogP contribution in [-0.4, -0.2) is 69.4 Å². The van der Waals surface area contributed by atoms with Crippen LogP contribution in [0.25, 0.3) is 0 Å². The van der Waals surface area contributed by atoms with Crippen molar-refractivity contribution in [3.8, 4) is 0 Å². The molecule has 0 spiro atoms. The first-order valence-corrected chi connectivity index (χ1v) is 41.9. The number of phosphoric acid groups is 1. The first-order chi connectivity index (χ1) is 44.9. The minimum absolute atomic E-state index is 0.0196. The van der Waals surface area contributed by atoms with Gasteiger partial charge in [-0.05, 0) is 70.3 Å². The smallest absolute Gasteiger partial charge is 0.306 e. The van der Waals surface area contributed by atoms with Gasteiger partial charge >= 0.3 is 5.97 Å². The number of quaternary nitrogens is 1. The summed E-state index contributed by atoms with van der Waals surface area (Å²) in [5, 5.41) is 3.06. The molecule has 0 bridgehead atoms. The van der Waals surface area contributed by atoms with Gasteiger partial charge in [-0.15, -0.1) is 0 Å². The fourth-order valence-corrected chi connectivity index (χ4v) is 13.0. The molecule has 0 fully saturated rings. The van der Waals surface area contributed by atoms with Crippen LogP contribution >= 0.6 is 7.82 Å². The van der Waals surface area contributed by atoms with Gasteiger partial charge in [-0.1, -0.05) is 378 Å². The number of nitrogens with zero attached hydrogens (tertiary/aromatic N) is 1. The van der Waals surface area contributed by atoms with Gasteiger partial charge in [0, 0.05) is 12.8 Å². The highest BCUT2D eigenvalue weighted by Gasteiger charge is 2.27. The standard InChI is InChI=1S/C82H157N2O7P/c1-7-10-13-16-19-22-25-28-30-32-34-36-38-40-42-44-46-48-50-52-54-56-59-62-65-68-71-74-81(85)83-79(78-90-92(87,88)89-77-76-84(4,5)6)80(73-70-67-64-61-58-27-24-21-18-15-12-9-3)91-82(86)75-72-69-66-63-60-57-55-53-51-49-47-45-43-41-39-37-35-33-31-29-26-23-20-17-14-11-8-2/h20,23,29,31,35,37,70,73,79-80H,7-19,21-22,24-28,30,32-34,36,38-69,71-72,74-78H2,1-6H3,(H-,83,85,87,88)/b23-20-,31-29-,37-35-,73-70+. The molecule has 3 atom stereocenters. The van der Waals surface area contributed by atoms with E-state index >= 15 is 0 Å². The zero-order chi connectivity index (χ0) is 67.0. The monoisotopic (exact) mass is 1310 g/mol. The van der Waals surface area contributed by atoms with Gasteiger partial charge < -0.3 is 28.5 Å². The summed E-state index contributed by atoms with van der Waals surface area (Å²) < 4.78 is 30.6. The molecule has 0 aromatic rings. The molecule has 10 heteroatoms. The first-order valence-electron chi connectivity index (χ1n) is 40.4. The minimum Gasteiger partial charge on any atom is -0.756 e. The van der Waals surface area contributed by atoms with Crippen molar-refractivity contribution in [3.05, 3.63) is 48.6 Å². The third-order valence-corrected chi connectivity index (χ3v) is 19.5. The second kappa shape index (κ2) is 71.7. The number of hydrogen-bond acceptors (Lipinski definition) is 7. The van der Waals surface area contributed by atoms with Crippen LogP contribution in [-0.2, 0) is 27.9 Å². The second-order valence-electron chi connectivity index (χ2n) is 28.9. The van der Waals surface area contributed by atoms with E-state index in [2.05, 4.69) is 62.5 Å². The van der Waals surface area contributed by atoms with Crippen LogP contribution in [0.3, 0.4) is 0 Å². The minimum atomic E-state index is -4.71. The largest absolute Gasteiger partial charge is 0.756 e. The van der Waals surface area contributed by atoms with Crippen LogP contribution in [0.2, 0.25) is 0 Å². The molecule has 1 amide bonds. The van der Waals surface area contributed by atoms with Crippen molar-refractivity contribution in [1.82, 2.24) is 5.32 Å². The molecular formula is C82H157N2O7P. The van der Waals surface area contributed by atoms with Gasteiger partial charge in [-0.2, -0.15) is 0 Å². The fourth-order valence-electron chi connectivity index (χ4n) is 12.3. The Bertz CT molecular complexity index is 1710. The third kappa shape index (κ3) is 72.2. The molecule has 0 aliphatic rings. The molecule has 0 heterocycles. The summed E-state index contributed by atoms with van der Waals surface area (Å²) in [5.74, 6) is -0.518. The zero-order valence-corrected chi connectivity index (χ0v) is 63.2. The second-order valence-corrected chi connectivity index (χ2v) is 30.3. The number of amides is 1. The average Bonchev–Trinajstić information content (AvgIpc) is 3.72. The van der Waals surface area contributed by atoms with Gasteiger partial charge in [-0.25, -0.2) is 0 Å². The number of ether oxygens (including phenoxy) is 1. The summed E-state index contributed by atoms with van der Waals surface area (Å²) in [6.07, 6.45) is 92.7. The highest BCUT2D eigenvalue weighted by atomic mass is 31.2. The summed E-state index contributed by atoms with van der Waals surface area (Å²) in [7, 11) is 1.21. The van der Waals surface area contributed by atoms with Crippen LogP contribution in [0.1, 0.15) is 412 Å². The third-order valence-electron chi connectivity index (χ3n) is 18.5. The molecule has 542 valence electrons. The van der Waals surface area contributed by atoms with Gasteiger partial charge in [0.25, 0.3) is 7.82 Å². The summed E-state index contributed by atoms with van der Waals surface area (Å²) in [6, 6.07) is -0.887. The molecule has 0 aromatic carbocycles. The van der Waals surface area contributed by atoms with Gasteiger partial charge in [0.05, 0.1) is 33.8 Å². The maximum Gasteiger partial charge on any atom is 0.306 e. The van der Waals surface area contributed by atoms with Crippen LogP contribution in [0, 0.1) is 0 Å². The van der Waals surface area contributed by atoms with E-state index in [1.807, 2.05) is 33.3 Å². The molecular weight excluding hydrogens is 1160 g/mol. The molecule has 1 N–H and O–H groups in total. The molecule has 0 aliphatic carbocycles. The van der Waals surface area contributed by atoms with Crippen molar-refractivity contribution >= 4 is 19.7 Å². The van der Waals surface area contributed by atoms with Crippen LogP contribution < -0.4 is 10.2 Å². The Morgan fingerprint density at radius 2 is 0.663 bits per heavy atom. The van der Waals surface area contributed by atoms with E-state index < -0.39 is 20.0 Å².